The molecule has 1 unspecified atom stereocenters. The monoisotopic (exact) mass is 368 g/mol. The predicted molar refractivity (Wildman–Crippen MR) is 109 cm³/mol. The van der Waals surface area contributed by atoms with Crippen LogP contribution in [0.1, 0.15) is 51.5 Å². The maximum atomic E-state index is 12.2. The molecule has 0 saturated carbocycles. The predicted octanol–water partition coefficient (Wildman–Crippen LogP) is 4.96. The van der Waals surface area contributed by atoms with Gasteiger partial charge >= 0.3 is 0 Å². The van der Waals surface area contributed by atoms with Crippen LogP contribution in [0, 0.1) is 0 Å². The number of rotatable bonds is 9. The third kappa shape index (κ3) is 6.44. The van der Waals surface area contributed by atoms with Gasteiger partial charge in [0.1, 0.15) is 5.75 Å². The highest BCUT2D eigenvalue weighted by Crippen LogP contribution is 2.28. The zero-order valence-electron chi connectivity index (χ0n) is 16.2. The van der Waals surface area contributed by atoms with Crippen LogP contribution < -0.4 is 15.4 Å². The van der Waals surface area contributed by atoms with Gasteiger partial charge in [-0.25, -0.2) is 0 Å². The van der Waals surface area contributed by atoms with Gasteiger partial charge in [-0.05, 0) is 48.6 Å². The molecule has 0 bridgehead atoms. The van der Waals surface area contributed by atoms with E-state index in [2.05, 4.69) is 24.5 Å². The molecule has 2 rings (SSSR count). The van der Waals surface area contributed by atoms with Crippen LogP contribution in [-0.4, -0.2) is 18.4 Å². The van der Waals surface area contributed by atoms with Gasteiger partial charge in [0.05, 0.1) is 0 Å². The summed E-state index contributed by atoms with van der Waals surface area (Å²) in [5.41, 5.74) is 2.39. The van der Waals surface area contributed by atoms with Crippen LogP contribution in [0.3, 0.4) is 0 Å². The third-order valence-corrected chi connectivity index (χ3v) is 4.33. The Morgan fingerprint density at radius 2 is 1.63 bits per heavy atom. The number of carbonyl (C=O) groups is 2. The van der Waals surface area contributed by atoms with Gasteiger partial charge in [0.15, 0.2) is 6.61 Å². The summed E-state index contributed by atoms with van der Waals surface area (Å²) in [6.07, 6.45) is 2.26. The Kier molecular flexibility index (Phi) is 7.86. The SMILES string of the molecule is CCCC(=O)Nc1cccc(NC(=O)COc2ccccc2C(C)CC)c1. The van der Waals surface area contributed by atoms with Crippen molar-refractivity contribution < 1.29 is 14.3 Å². The van der Waals surface area contributed by atoms with Crippen LogP contribution in [0.15, 0.2) is 48.5 Å². The fourth-order valence-corrected chi connectivity index (χ4v) is 2.70. The van der Waals surface area contributed by atoms with Crippen LogP contribution in [0.25, 0.3) is 0 Å². The Balaban J connectivity index is 1.94. The molecule has 144 valence electrons. The standard InChI is InChI=1S/C22H28N2O3/c1-4-9-21(25)23-17-10-8-11-18(14-17)24-22(26)15-27-20-13-7-6-12-19(20)16(3)5-2/h6-8,10-14,16H,4-5,9,15H2,1-3H3,(H,23,25)(H,24,26). The lowest BCUT2D eigenvalue weighted by atomic mass is 9.98. The van der Waals surface area contributed by atoms with E-state index in [9.17, 15) is 9.59 Å². The van der Waals surface area contributed by atoms with Crippen molar-refractivity contribution in [1.82, 2.24) is 0 Å². The first kappa shape index (κ1) is 20.5. The first-order chi connectivity index (χ1) is 13.0. The lowest BCUT2D eigenvalue weighted by Crippen LogP contribution is -2.20. The number of para-hydroxylation sites is 1. The number of carbonyl (C=O) groups excluding carboxylic acids is 2. The summed E-state index contributed by atoms with van der Waals surface area (Å²) in [5.74, 6) is 0.826. The molecule has 2 N–H and O–H groups in total. The smallest absolute Gasteiger partial charge is 0.262 e. The Labute approximate surface area is 161 Å². The molecule has 0 radical (unpaired) electrons. The number of hydrogen-bond acceptors (Lipinski definition) is 3. The van der Waals surface area contributed by atoms with Gasteiger partial charge in [-0.1, -0.05) is 45.0 Å². The number of ether oxygens (including phenoxy) is 1. The van der Waals surface area contributed by atoms with E-state index < -0.39 is 0 Å². The molecule has 0 spiro atoms. The van der Waals surface area contributed by atoms with E-state index in [1.54, 1.807) is 24.3 Å². The average Bonchev–Trinajstić information content (AvgIpc) is 2.66. The van der Waals surface area contributed by atoms with Crippen molar-refractivity contribution >= 4 is 23.2 Å². The molecule has 2 aromatic rings. The van der Waals surface area contributed by atoms with Gasteiger partial charge in [-0.15, -0.1) is 0 Å². The third-order valence-electron chi connectivity index (χ3n) is 4.33. The Bertz CT molecular complexity index is 774. The first-order valence-corrected chi connectivity index (χ1v) is 9.45. The van der Waals surface area contributed by atoms with E-state index >= 15 is 0 Å². The van der Waals surface area contributed by atoms with Crippen LogP contribution in [0.5, 0.6) is 5.75 Å². The van der Waals surface area contributed by atoms with Gasteiger partial charge in [-0.3, -0.25) is 9.59 Å². The molecule has 0 aliphatic rings. The van der Waals surface area contributed by atoms with Gasteiger partial charge in [0, 0.05) is 17.8 Å². The van der Waals surface area contributed by atoms with Crippen molar-refractivity contribution in [3.05, 3.63) is 54.1 Å². The Morgan fingerprint density at radius 3 is 2.30 bits per heavy atom. The molecule has 0 aliphatic carbocycles. The molecule has 2 aromatic carbocycles. The summed E-state index contributed by atoms with van der Waals surface area (Å²) >= 11 is 0. The Morgan fingerprint density at radius 1 is 0.963 bits per heavy atom. The number of nitrogens with one attached hydrogen (secondary N) is 2. The molecule has 2 amide bonds. The second-order valence-electron chi connectivity index (χ2n) is 6.56. The number of benzene rings is 2. The zero-order valence-corrected chi connectivity index (χ0v) is 16.2. The molecule has 5 heteroatoms. The zero-order chi connectivity index (χ0) is 19.6. The summed E-state index contributed by atoms with van der Waals surface area (Å²) in [4.78, 5) is 23.9. The molecule has 0 aliphatic heterocycles. The minimum atomic E-state index is -0.244. The second kappa shape index (κ2) is 10.4. The highest BCUT2D eigenvalue weighted by atomic mass is 16.5. The van der Waals surface area contributed by atoms with E-state index in [0.717, 1.165) is 24.2 Å². The molecular weight excluding hydrogens is 340 g/mol. The second-order valence-corrected chi connectivity index (χ2v) is 6.56. The molecule has 0 fully saturated rings. The highest BCUT2D eigenvalue weighted by Gasteiger charge is 2.11. The van der Waals surface area contributed by atoms with Crippen molar-refractivity contribution in [3.8, 4) is 5.75 Å². The van der Waals surface area contributed by atoms with Gasteiger partial charge < -0.3 is 15.4 Å². The van der Waals surface area contributed by atoms with Crippen LogP contribution in [-0.2, 0) is 9.59 Å². The summed E-state index contributed by atoms with van der Waals surface area (Å²) in [6, 6.07) is 14.9. The molecular formula is C22H28N2O3. The van der Waals surface area contributed by atoms with Crippen molar-refractivity contribution in [2.45, 2.75) is 46.0 Å². The van der Waals surface area contributed by atoms with E-state index in [1.807, 2.05) is 31.2 Å². The van der Waals surface area contributed by atoms with Crippen molar-refractivity contribution in [3.63, 3.8) is 0 Å². The van der Waals surface area contributed by atoms with Gasteiger partial charge in [-0.2, -0.15) is 0 Å². The van der Waals surface area contributed by atoms with Gasteiger partial charge in [0.2, 0.25) is 5.91 Å². The first-order valence-electron chi connectivity index (χ1n) is 9.45. The molecule has 0 heterocycles. The summed E-state index contributed by atoms with van der Waals surface area (Å²) in [7, 11) is 0. The van der Waals surface area contributed by atoms with Crippen molar-refractivity contribution in [2.24, 2.45) is 0 Å². The van der Waals surface area contributed by atoms with E-state index in [-0.39, 0.29) is 18.4 Å². The lowest BCUT2D eigenvalue weighted by molar-refractivity contribution is -0.118. The normalized spacial score (nSPS) is 11.5. The summed E-state index contributed by atoms with van der Waals surface area (Å²) in [5, 5.41) is 5.62. The topological polar surface area (TPSA) is 67.4 Å². The lowest BCUT2D eigenvalue weighted by Gasteiger charge is -2.15. The van der Waals surface area contributed by atoms with Crippen LogP contribution >= 0.6 is 0 Å². The summed E-state index contributed by atoms with van der Waals surface area (Å²) < 4.78 is 5.74. The summed E-state index contributed by atoms with van der Waals surface area (Å²) in [6.45, 7) is 6.15. The largest absolute Gasteiger partial charge is 0.483 e. The molecule has 0 saturated heterocycles. The van der Waals surface area contributed by atoms with Crippen LogP contribution in [0.2, 0.25) is 0 Å². The number of amides is 2. The quantitative estimate of drug-likeness (QED) is 0.657. The van der Waals surface area contributed by atoms with E-state index in [4.69, 9.17) is 4.74 Å². The molecule has 5 nitrogen and oxygen atoms in total. The number of hydrogen-bond donors (Lipinski definition) is 2. The highest BCUT2D eigenvalue weighted by molar-refractivity contribution is 5.94. The molecule has 1 atom stereocenters. The minimum Gasteiger partial charge on any atom is -0.483 e. The van der Waals surface area contributed by atoms with E-state index in [1.165, 1.54) is 0 Å². The number of anilines is 2. The van der Waals surface area contributed by atoms with Crippen molar-refractivity contribution in [1.29, 1.82) is 0 Å². The maximum Gasteiger partial charge on any atom is 0.262 e. The van der Waals surface area contributed by atoms with Crippen molar-refractivity contribution in [2.75, 3.05) is 17.2 Å². The maximum absolute atomic E-state index is 12.2. The Hall–Kier alpha value is -2.82. The minimum absolute atomic E-state index is 0.0361. The fraction of sp³-hybridized carbons (Fsp3) is 0.364. The molecule has 0 aromatic heterocycles. The average molecular weight is 368 g/mol. The van der Waals surface area contributed by atoms with Gasteiger partial charge in [0.25, 0.3) is 5.91 Å². The van der Waals surface area contributed by atoms with Crippen LogP contribution in [0.4, 0.5) is 11.4 Å². The van der Waals surface area contributed by atoms with E-state index in [0.29, 0.717) is 23.7 Å². The molecule has 27 heavy (non-hydrogen) atoms. The fourth-order valence-electron chi connectivity index (χ4n) is 2.70.